The van der Waals surface area contributed by atoms with E-state index in [9.17, 15) is 0 Å². The molecule has 88 valence electrons. The van der Waals surface area contributed by atoms with Gasteiger partial charge in [-0.15, -0.1) is 0 Å². The molecule has 0 heterocycles. The molecule has 0 bridgehead atoms. The van der Waals surface area contributed by atoms with Crippen LogP contribution in [0.3, 0.4) is 0 Å². The van der Waals surface area contributed by atoms with Crippen LogP contribution in [0.15, 0.2) is 0 Å². The zero-order valence-corrected chi connectivity index (χ0v) is 10.4. The second-order valence-electron chi connectivity index (χ2n) is 6.07. The Bertz CT molecular complexity index is 188. The molecule has 0 amide bonds. The van der Waals surface area contributed by atoms with Crippen LogP contribution in [0.1, 0.15) is 65.2 Å². The van der Waals surface area contributed by atoms with Gasteiger partial charge in [0.1, 0.15) is 0 Å². The second kappa shape index (κ2) is 4.86. The monoisotopic (exact) mass is 210 g/mol. The molecule has 2 saturated carbocycles. The first-order valence-electron chi connectivity index (χ1n) is 6.82. The minimum atomic E-state index is 0.406. The maximum Gasteiger partial charge on any atom is 0.0526 e. The molecule has 0 spiro atoms. The zero-order valence-electron chi connectivity index (χ0n) is 10.4. The van der Waals surface area contributed by atoms with Gasteiger partial charge in [0.15, 0.2) is 0 Å². The van der Waals surface area contributed by atoms with E-state index >= 15 is 0 Å². The van der Waals surface area contributed by atoms with E-state index in [4.69, 9.17) is 4.74 Å². The molecule has 0 radical (unpaired) electrons. The van der Waals surface area contributed by atoms with E-state index in [2.05, 4.69) is 13.8 Å². The Morgan fingerprint density at radius 3 is 2.33 bits per heavy atom. The van der Waals surface area contributed by atoms with Crippen LogP contribution in [0.2, 0.25) is 0 Å². The first-order chi connectivity index (χ1) is 7.20. The normalized spacial score (nSPS) is 25.8. The molecule has 1 nitrogen and oxygen atoms in total. The fraction of sp³-hybridized carbons (Fsp3) is 1.00. The summed E-state index contributed by atoms with van der Waals surface area (Å²) >= 11 is 0. The first-order valence-corrected chi connectivity index (χ1v) is 6.82. The molecule has 2 fully saturated rings. The summed E-state index contributed by atoms with van der Waals surface area (Å²) in [6, 6.07) is 0. The molecule has 2 rings (SSSR count). The van der Waals surface area contributed by atoms with Crippen LogP contribution in [0.25, 0.3) is 0 Å². The van der Waals surface area contributed by atoms with Crippen molar-refractivity contribution in [2.45, 2.75) is 71.3 Å². The lowest BCUT2D eigenvalue weighted by Crippen LogP contribution is -2.31. The Morgan fingerprint density at radius 1 is 1.13 bits per heavy atom. The van der Waals surface area contributed by atoms with Crippen molar-refractivity contribution in [1.29, 1.82) is 0 Å². The molecule has 0 aromatic carbocycles. The molecule has 0 aromatic heterocycles. The number of hydrogen-bond donors (Lipinski definition) is 0. The SMILES string of the molecule is CC(C)OCC1(CC2CC2)CCCCC1. The van der Waals surface area contributed by atoms with E-state index in [1.807, 2.05) is 0 Å². The first kappa shape index (κ1) is 11.4. The predicted molar refractivity (Wildman–Crippen MR) is 63.9 cm³/mol. The van der Waals surface area contributed by atoms with Gasteiger partial charge in [-0.1, -0.05) is 32.1 Å². The summed E-state index contributed by atoms with van der Waals surface area (Å²) in [6.45, 7) is 5.35. The summed E-state index contributed by atoms with van der Waals surface area (Å²) in [5, 5.41) is 0. The average Bonchev–Trinajstić information content (AvgIpc) is 3.00. The fourth-order valence-corrected chi connectivity index (χ4v) is 2.99. The molecule has 0 N–H and O–H groups in total. The lowest BCUT2D eigenvalue weighted by Gasteiger charge is -2.38. The highest BCUT2D eigenvalue weighted by atomic mass is 16.5. The van der Waals surface area contributed by atoms with Crippen molar-refractivity contribution >= 4 is 0 Å². The molecule has 2 aliphatic rings. The highest BCUT2D eigenvalue weighted by Crippen LogP contribution is 2.47. The van der Waals surface area contributed by atoms with Crippen LogP contribution in [0, 0.1) is 11.3 Å². The molecule has 2 aliphatic carbocycles. The van der Waals surface area contributed by atoms with Crippen molar-refractivity contribution in [3.8, 4) is 0 Å². The Hall–Kier alpha value is -0.0400. The van der Waals surface area contributed by atoms with Crippen molar-refractivity contribution in [2.24, 2.45) is 11.3 Å². The predicted octanol–water partition coefficient (Wildman–Crippen LogP) is 4.16. The highest BCUT2D eigenvalue weighted by molar-refractivity contribution is 4.89. The van der Waals surface area contributed by atoms with Gasteiger partial charge in [0.25, 0.3) is 0 Å². The molecule has 0 aliphatic heterocycles. The van der Waals surface area contributed by atoms with E-state index in [1.165, 1.54) is 51.4 Å². The smallest absolute Gasteiger partial charge is 0.0526 e. The Balaban J connectivity index is 1.87. The molecule has 1 heteroatoms. The van der Waals surface area contributed by atoms with Gasteiger partial charge in [0, 0.05) is 0 Å². The van der Waals surface area contributed by atoms with Gasteiger partial charge in [0.05, 0.1) is 12.7 Å². The second-order valence-corrected chi connectivity index (χ2v) is 6.07. The fourth-order valence-electron chi connectivity index (χ4n) is 2.99. The van der Waals surface area contributed by atoms with Gasteiger partial charge in [-0.05, 0) is 44.4 Å². The molecule has 0 unspecified atom stereocenters. The van der Waals surface area contributed by atoms with E-state index in [-0.39, 0.29) is 0 Å². The third-order valence-electron chi connectivity index (χ3n) is 4.06. The van der Waals surface area contributed by atoms with Gasteiger partial charge < -0.3 is 4.74 Å². The van der Waals surface area contributed by atoms with Gasteiger partial charge in [-0.3, -0.25) is 0 Å². The third-order valence-corrected chi connectivity index (χ3v) is 4.06. The Morgan fingerprint density at radius 2 is 1.80 bits per heavy atom. The minimum absolute atomic E-state index is 0.406. The van der Waals surface area contributed by atoms with E-state index in [0.717, 1.165) is 12.5 Å². The van der Waals surface area contributed by atoms with Gasteiger partial charge in [0.2, 0.25) is 0 Å². The molecular formula is C14H26O. The van der Waals surface area contributed by atoms with Crippen LogP contribution in [0.4, 0.5) is 0 Å². The number of hydrogen-bond acceptors (Lipinski definition) is 1. The van der Waals surface area contributed by atoms with Crippen LogP contribution in [0.5, 0.6) is 0 Å². The van der Waals surface area contributed by atoms with E-state index in [1.54, 1.807) is 0 Å². The molecule has 0 atom stereocenters. The van der Waals surface area contributed by atoms with Crippen molar-refractivity contribution in [3.05, 3.63) is 0 Å². The average molecular weight is 210 g/mol. The summed E-state index contributed by atoms with van der Waals surface area (Å²) in [4.78, 5) is 0. The summed E-state index contributed by atoms with van der Waals surface area (Å²) in [7, 11) is 0. The zero-order chi connectivity index (χ0) is 10.7. The maximum atomic E-state index is 5.91. The largest absolute Gasteiger partial charge is 0.378 e. The lowest BCUT2D eigenvalue weighted by molar-refractivity contribution is -0.0180. The van der Waals surface area contributed by atoms with Gasteiger partial charge >= 0.3 is 0 Å². The van der Waals surface area contributed by atoms with Gasteiger partial charge in [-0.25, -0.2) is 0 Å². The van der Waals surface area contributed by atoms with Crippen molar-refractivity contribution in [1.82, 2.24) is 0 Å². The summed E-state index contributed by atoms with van der Waals surface area (Å²) < 4.78 is 5.91. The standard InChI is InChI=1S/C14H26O/c1-12(2)15-11-14(10-13-6-7-13)8-4-3-5-9-14/h12-13H,3-11H2,1-2H3. The third kappa shape index (κ3) is 3.48. The topological polar surface area (TPSA) is 9.23 Å². The van der Waals surface area contributed by atoms with Crippen LogP contribution in [-0.2, 0) is 4.74 Å². The van der Waals surface area contributed by atoms with Crippen LogP contribution < -0.4 is 0 Å². The number of rotatable bonds is 5. The number of ether oxygens (including phenoxy) is 1. The Labute approximate surface area is 94.6 Å². The molecule has 0 aromatic rings. The minimum Gasteiger partial charge on any atom is -0.378 e. The van der Waals surface area contributed by atoms with Crippen LogP contribution in [-0.4, -0.2) is 12.7 Å². The summed E-state index contributed by atoms with van der Waals surface area (Å²) in [5.41, 5.74) is 0.573. The highest BCUT2D eigenvalue weighted by Gasteiger charge is 2.38. The maximum absolute atomic E-state index is 5.91. The van der Waals surface area contributed by atoms with Crippen molar-refractivity contribution in [2.75, 3.05) is 6.61 Å². The Kier molecular flexibility index (Phi) is 3.71. The summed E-state index contributed by atoms with van der Waals surface area (Å²) in [5.74, 6) is 1.05. The van der Waals surface area contributed by atoms with Crippen molar-refractivity contribution in [3.63, 3.8) is 0 Å². The summed E-state index contributed by atoms with van der Waals surface area (Å²) in [6.07, 6.45) is 12.0. The van der Waals surface area contributed by atoms with E-state index in [0.29, 0.717) is 11.5 Å². The lowest BCUT2D eigenvalue weighted by atomic mass is 9.71. The van der Waals surface area contributed by atoms with Gasteiger partial charge in [-0.2, -0.15) is 0 Å². The van der Waals surface area contributed by atoms with Crippen LogP contribution >= 0.6 is 0 Å². The molecule has 0 saturated heterocycles. The quantitative estimate of drug-likeness (QED) is 0.662. The van der Waals surface area contributed by atoms with E-state index < -0.39 is 0 Å². The van der Waals surface area contributed by atoms with Crippen molar-refractivity contribution < 1.29 is 4.74 Å². The molecular weight excluding hydrogens is 184 g/mol. The molecule has 15 heavy (non-hydrogen) atoms.